The molecule has 1 aromatic heterocycles. The molecule has 0 atom stereocenters. The lowest BCUT2D eigenvalue weighted by molar-refractivity contribution is 0.775. The first-order valence-electron chi connectivity index (χ1n) is 6.77. The summed E-state index contributed by atoms with van der Waals surface area (Å²) in [7, 11) is 1.96. The zero-order valence-corrected chi connectivity index (χ0v) is 12.0. The summed E-state index contributed by atoms with van der Waals surface area (Å²) in [5.41, 5.74) is 4.14. The van der Waals surface area contributed by atoms with Gasteiger partial charge in [-0.3, -0.25) is 0 Å². The lowest BCUT2D eigenvalue weighted by atomic mass is 10.0. The standard InChI is InChI=1S/C15H19N3S/c1-16-10-14-11-19-15(17-14)18-8-6-12-4-2-3-5-13(12)7-9-18/h2-5,11,16H,6-10H2,1H3. The van der Waals surface area contributed by atoms with Gasteiger partial charge >= 0.3 is 0 Å². The molecule has 2 aromatic rings. The molecule has 1 aromatic carbocycles. The Balaban J connectivity index is 1.74. The van der Waals surface area contributed by atoms with Crippen LogP contribution < -0.4 is 10.2 Å². The quantitative estimate of drug-likeness (QED) is 0.931. The number of thiazole rings is 1. The van der Waals surface area contributed by atoms with E-state index in [1.54, 1.807) is 11.3 Å². The van der Waals surface area contributed by atoms with E-state index in [-0.39, 0.29) is 0 Å². The summed E-state index contributed by atoms with van der Waals surface area (Å²) in [6.45, 7) is 3.00. The topological polar surface area (TPSA) is 28.2 Å². The van der Waals surface area contributed by atoms with Gasteiger partial charge in [0.1, 0.15) is 0 Å². The van der Waals surface area contributed by atoms with E-state index in [2.05, 4.69) is 39.9 Å². The van der Waals surface area contributed by atoms with Crippen molar-refractivity contribution in [2.24, 2.45) is 0 Å². The highest BCUT2D eigenvalue weighted by atomic mass is 32.1. The average molecular weight is 273 g/mol. The van der Waals surface area contributed by atoms with E-state index in [4.69, 9.17) is 4.98 Å². The monoisotopic (exact) mass is 273 g/mol. The molecule has 0 spiro atoms. The molecule has 0 radical (unpaired) electrons. The van der Waals surface area contributed by atoms with Crippen LogP contribution in [0.1, 0.15) is 16.8 Å². The van der Waals surface area contributed by atoms with Crippen LogP contribution in [-0.2, 0) is 19.4 Å². The second-order valence-corrected chi connectivity index (χ2v) is 5.74. The van der Waals surface area contributed by atoms with Crippen LogP contribution in [-0.4, -0.2) is 25.1 Å². The number of rotatable bonds is 3. The van der Waals surface area contributed by atoms with Gasteiger partial charge in [-0.05, 0) is 31.0 Å². The third kappa shape index (κ3) is 2.80. The van der Waals surface area contributed by atoms with Crippen molar-refractivity contribution in [2.75, 3.05) is 25.0 Å². The normalized spacial score (nSPS) is 15.1. The number of aromatic nitrogens is 1. The van der Waals surface area contributed by atoms with Crippen molar-refractivity contribution in [3.8, 4) is 0 Å². The highest BCUT2D eigenvalue weighted by Gasteiger charge is 2.16. The summed E-state index contributed by atoms with van der Waals surface area (Å²) in [6, 6.07) is 8.80. The van der Waals surface area contributed by atoms with Crippen LogP contribution in [0.4, 0.5) is 5.13 Å². The Kier molecular flexibility index (Phi) is 3.80. The fourth-order valence-corrected chi connectivity index (χ4v) is 3.44. The van der Waals surface area contributed by atoms with Gasteiger partial charge in [0.15, 0.2) is 5.13 Å². The van der Waals surface area contributed by atoms with Crippen LogP contribution in [0, 0.1) is 0 Å². The van der Waals surface area contributed by atoms with Gasteiger partial charge in [0, 0.05) is 25.0 Å². The van der Waals surface area contributed by atoms with Crippen LogP contribution in [0.3, 0.4) is 0 Å². The van der Waals surface area contributed by atoms with Crippen LogP contribution in [0.15, 0.2) is 29.6 Å². The minimum atomic E-state index is 0.852. The number of hydrogen-bond donors (Lipinski definition) is 1. The summed E-state index contributed by atoms with van der Waals surface area (Å²) in [5.74, 6) is 0. The molecule has 3 rings (SSSR count). The first-order chi connectivity index (χ1) is 9.36. The second-order valence-electron chi connectivity index (χ2n) is 4.91. The van der Waals surface area contributed by atoms with Crippen molar-refractivity contribution in [3.63, 3.8) is 0 Å². The fraction of sp³-hybridized carbons (Fsp3) is 0.400. The molecule has 19 heavy (non-hydrogen) atoms. The Morgan fingerprint density at radius 1 is 1.21 bits per heavy atom. The summed E-state index contributed by atoms with van der Waals surface area (Å²) < 4.78 is 0. The van der Waals surface area contributed by atoms with Crippen molar-refractivity contribution < 1.29 is 0 Å². The van der Waals surface area contributed by atoms with Crippen LogP contribution >= 0.6 is 11.3 Å². The van der Waals surface area contributed by atoms with Crippen molar-refractivity contribution in [1.29, 1.82) is 0 Å². The number of nitrogens with zero attached hydrogens (tertiary/aromatic N) is 2. The molecule has 4 heteroatoms. The molecule has 0 bridgehead atoms. The minimum absolute atomic E-state index is 0.852. The molecule has 3 nitrogen and oxygen atoms in total. The zero-order valence-electron chi connectivity index (χ0n) is 11.2. The first-order valence-corrected chi connectivity index (χ1v) is 7.65. The molecule has 0 fully saturated rings. The van der Waals surface area contributed by atoms with E-state index < -0.39 is 0 Å². The van der Waals surface area contributed by atoms with E-state index >= 15 is 0 Å². The van der Waals surface area contributed by atoms with Gasteiger partial charge in [0.05, 0.1) is 5.69 Å². The van der Waals surface area contributed by atoms with Gasteiger partial charge in [0.2, 0.25) is 0 Å². The summed E-state index contributed by atoms with van der Waals surface area (Å²) in [5, 5.41) is 6.47. The molecular weight excluding hydrogens is 254 g/mol. The van der Waals surface area contributed by atoms with E-state index in [9.17, 15) is 0 Å². The predicted molar refractivity (Wildman–Crippen MR) is 80.9 cm³/mol. The maximum absolute atomic E-state index is 4.71. The Labute approximate surface area is 118 Å². The molecule has 0 aliphatic carbocycles. The SMILES string of the molecule is CNCc1csc(N2CCc3ccccc3CC2)n1. The summed E-state index contributed by atoms with van der Waals surface area (Å²) in [6.07, 6.45) is 2.24. The van der Waals surface area contributed by atoms with Gasteiger partial charge in [-0.2, -0.15) is 0 Å². The number of nitrogens with one attached hydrogen (secondary N) is 1. The Morgan fingerprint density at radius 3 is 2.53 bits per heavy atom. The fourth-order valence-electron chi connectivity index (χ4n) is 2.56. The van der Waals surface area contributed by atoms with Crippen LogP contribution in [0.25, 0.3) is 0 Å². The predicted octanol–water partition coefficient (Wildman–Crippen LogP) is 2.47. The molecule has 0 amide bonds. The average Bonchev–Trinajstić information content (AvgIpc) is 2.79. The van der Waals surface area contributed by atoms with Gasteiger partial charge in [0.25, 0.3) is 0 Å². The Bertz CT molecular complexity index is 523. The largest absolute Gasteiger partial charge is 0.347 e. The number of fused-ring (bicyclic) bond motifs is 1. The first kappa shape index (κ1) is 12.6. The second kappa shape index (κ2) is 5.72. The van der Waals surface area contributed by atoms with Crippen molar-refractivity contribution >= 4 is 16.5 Å². The summed E-state index contributed by atoms with van der Waals surface area (Å²) in [4.78, 5) is 7.13. The van der Waals surface area contributed by atoms with E-state index in [0.29, 0.717) is 0 Å². The highest BCUT2D eigenvalue weighted by Crippen LogP contribution is 2.24. The lowest BCUT2D eigenvalue weighted by Gasteiger charge is -2.18. The van der Waals surface area contributed by atoms with Crippen molar-refractivity contribution in [3.05, 3.63) is 46.5 Å². The Morgan fingerprint density at radius 2 is 1.89 bits per heavy atom. The smallest absolute Gasteiger partial charge is 0.185 e. The maximum atomic E-state index is 4.71. The molecule has 1 N–H and O–H groups in total. The van der Waals surface area contributed by atoms with Gasteiger partial charge in [-0.15, -0.1) is 11.3 Å². The minimum Gasteiger partial charge on any atom is -0.347 e. The van der Waals surface area contributed by atoms with E-state index in [0.717, 1.165) is 43.3 Å². The zero-order chi connectivity index (χ0) is 13.1. The molecule has 0 unspecified atom stereocenters. The number of hydrogen-bond acceptors (Lipinski definition) is 4. The van der Waals surface area contributed by atoms with Gasteiger partial charge < -0.3 is 10.2 Å². The van der Waals surface area contributed by atoms with E-state index in [1.165, 1.54) is 11.1 Å². The number of anilines is 1. The molecule has 1 aliphatic rings. The van der Waals surface area contributed by atoms with Gasteiger partial charge in [-0.1, -0.05) is 24.3 Å². The lowest BCUT2D eigenvalue weighted by Crippen LogP contribution is -2.25. The molecule has 2 heterocycles. The van der Waals surface area contributed by atoms with Crippen molar-refractivity contribution in [1.82, 2.24) is 10.3 Å². The third-order valence-electron chi connectivity index (χ3n) is 3.59. The molecule has 0 saturated heterocycles. The van der Waals surface area contributed by atoms with Gasteiger partial charge in [-0.25, -0.2) is 4.98 Å². The molecular formula is C15H19N3S. The third-order valence-corrected chi connectivity index (χ3v) is 4.54. The van der Waals surface area contributed by atoms with Crippen LogP contribution in [0.5, 0.6) is 0 Å². The van der Waals surface area contributed by atoms with Crippen LogP contribution in [0.2, 0.25) is 0 Å². The van der Waals surface area contributed by atoms with E-state index in [1.807, 2.05) is 7.05 Å². The molecule has 1 aliphatic heterocycles. The molecule has 0 saturated carbocycles. The molecule has 100 valence electrons. The van der Waals surface area contributed by atoms with Crippen molar-refractivity contribution in [2.45, 2.75) is 19.4 Å². The highest BCUT2D eigenvalue weighted by molar-refractivity contribution is 7.13. The maximum Gasteiger partial charge on any atom is 0.185 e. The summed E-state index contributed by atoms with van der Waals surface area (Å²) >= 11 is 1.76. The Hall–Kier alpha value is -1.39. The number of benzene rings is 1.